The Morgan fingerprint density at radius 1 is 0.968 bits per heavy atom. The second-order valence-electron chi connectivity index (χ2n) is 7.43. The average molecular weight is 412 g/mol. The van der Waals surface area contributed by atoms with Crippen LogP contribution in [0.25, 0.3) is 32.7 Å². The zero-order valence-electron chi connectivity index (χ0n) is 17.1. The van der Waals surface area contributed by atoms with Crippen LogP contribution in [-0.4, -0.2) is 17.6 Å². The minimum Gasteiger partial charge on any atom is -0.495 e. The van der Waals surface area contributed by atoms with Gasteiger partial charge in [0.1, 0.15) is 23.0 Å². The number of anilines is 1. The summed E-state index contributed by atoms with van der Waals surface area (Å²) in [4.78, 5) is 25.9. The van der Waals surface area contributed by atoms with Gasteiger partial charge < -0.3 is 19.0 Å². The van der Waals surface area contributed by atoms with Crippen LogP contribution in [-0.2, 0) is 4.79 Å². The maximum Gasteiger partial charge on any atom is 0.259 e. The van der Waals surface area contributed by atoms with Crippen molar-refractivity contribution in [2.75, 3.05) is 12.4 Å². The molecule has 1 atom stereocenters. The van der Waals surface area contributed by atoms with Gasteiger partial charge in [0, 0.05) is 28.4 Å². The molecule has 0 aliphatic carbocycles. The van der Waals surface area contributed by atoms with Crippen LogP contribution in [0.4, 0.5) is 5.69 Å². The van der Waals surface area contributed by atoms with Gasteiger partial charge in [-0.1, -0.05) is 36.4 Å². The molecule has 0 bridgehead atoms. The summed E-state index contributed by atoms with van der Waals surface area (Å²) in [5, 5.41) is 6.19. The first-order valence-electron chi connectivity index (χ1n) is 9.97. The summed E-state index contributed by atoms with van der Waals surface area (Å²) < 4.78 is 12.9. The van der Waals surface area contributed by atoms with Gasteiger partial charge in [0.2, 0.25) is 5.91 Å². The van der Waals surface area contributed by atoms with Crippen molar-refractivity contribution in [3.8, 4) is 5.75 Å². The minimum atomic E-state index is -0.715. The number of hydrogen-bond donors (Lipinski definition) is 1. The number of para-hydroxylation sites is 1. The zero-order chi connectivity index (χ0) is 21.5. The Balaban J connectivity index is 1.51. The van der Waals surface area contributed by atoms with E-state index in [9.17, 15) is 9.59 Å². The van der Waals surface area contributed by atoms with E-state index < -0.39 is 6.04 Å². The fraction of sp³-hybridized carbons (Fsp3) is 0.120. The number of nitrogens with one attached hydrogen (secondary N) is 1. The fourth-order valence-electron chi connectivity index (χ4n) is 3.89. The predicted molar refractivity (Wildman–Crippen MR) is 122 cm³/mol. The lowest BCUT2D eigenvalue weighted by molar-refractivity contribution is -0.118. The van der Waals surface area contributed by atoms with Gasteiger partial charge in [-0.3, -0.25) is 9.59 Å². The standard InChI is InChI=1S/C25H20N2O4/c1-15(27-12-11-16-7-3-4-8-17(16)25(27)29)24(28)26-20-14-22-19(13-23(20)30-2)18-9-5-6-10-21(18)31-22/h3-15H,1-2H3,(H,26,28)/t15-/m1/s1. The van der Waals surface area contributed by atoms with E-state index in [1.165, 1.54) is 4.57 Å². The van der Waals surface area contributed by atoms with E-state index in [1.807, 2.05) is 54.6 Å². The monoisotopic (exact) mass is 412 g/mol. The van der Waals surface area contributed by atoms with E-state index in [0.29, 0.717) is 22.4 Å². The number of carbonyl (C=O) groups is 1. The van der Waals surface area contributed by atoms with Crippen LogP contribution in [0.15, 0.2) is 82.1 Å². The number of hydrogen-bond acceptors (Lipinski definition) is 4. The number of amides is 1. The molecule has 3 aromatic carbocycles. The van der Waals surface area contributed by atoms with Crippen LogP contribution in [0.5, 0.6) is 5.75 Å². The summed E-state index contributed by atoms with van der Waals surface area (Å²) in [7, 11) is 1.55. The van der Waals surface area contributed by atoms with Crippen LogP contribution in [0.1, 0.15) is 13.0 Å². The number of carbonyl (C=O) groups excluding carboxylic acids is 1. The summed E-state index contributed by atoms with van der Waals surface area (Å²) in [6, 6.07) is 19.8. The van der Waals surface area contributed by atoms with Crippen molar-refractivity contribution in [3.63, 3.8) is 0 Å². The number of fused-ring (bicyclic) bond motifs is 4. The van der Waals surface area contributed by atoms with Crippen molar-refractivity contribution in [2.45, 2.75) is 13.0 Å². The van der Waals surface area contributed by atoms with Gasteiger partial charge in [0.25, 0.3) is 5.56 Å². The Labute approximate surface area is 177 Å². The van der Waals surface area contributed by atoms with Gasteiger partial charge in [-0.2, -0.15) is 0 Å². The van der Waals surface area contributed by atoms with Gasteiger partial charge in [-0.25, -0.2) is 0 Å². The Morgan fingerprint density at radius 2 is 1.71 bits per heavy atom. The first kappa shape index (κ1) is 18.9. The number of ether oxygens (including phenoxy) is 1. The highest BCUT2D eigenvalue weighted by atomic mass is 16.5. The number of pyridine rings is 1. The Hall–Kier alpha value is -4.06. The maximum atomic E-state index is 13.0. The molecule has 31 heavy (non-hydrogen) atoms. The number of methoxy groups -OCH3 is 1. The molecule has 0 fully saturated rings. The van der Waals surface area contributed by atoms with Crippen LogP contribution >= 0.6 is 0 Å². The van der Waals surface area contributed by atoms with E-state index in [4.69, 9.17) is 9.15 Å². The van der Waals surface area contributed by atoms with Crippen LogP contribution in [0.2, 0.25) is 0 Å². The highest BCUT2D eigenvalue weighted by Crippen LogP contribution is 2.36. The molecule has 1 N–H and O–H groups in total. The number of aromatic nitrogens is 1. The quantitative estimate of drug-likeness (QED) is 0.445. The molecule has 5 aromatic rings. The van der Waals surface area contributed by atoms with Crippen molar-refractivity contribution >= 4 is 44.3 Å². The summed E-state index contributed by atoms with van der Waals surface area (Å²) in [6.45, 7) is 1.69. The van der Waals surface area contributed by atoms with Crippen molar-refractivity contribution in [1.82, 2.24) is 4.57 Å². The van der Waals surface area contributed by atoms with Crippen molar-refractivity contribution in [1.29, 1.82) is 0 Å². The number of nitrogens with zero attached hydrogens (tertiary/aromatic N) is 1. The molecule has 6 nitrogen and oxygen atoms in total. The van der Waals surface area contributed by atoms with E-state index in [1.54, 1.807) is 32.4 Å². The Kier molecular flexibility index (Phi) is 4.47. The molecule has 1 amide bonds. The maximum absolute atomic E-state index is 13.0. The molecule has 0 spiro atoms. The SMILES string of the molecule is COc1cc2c(cc1NC(=O)[C@@H](C)n1ccc3ccccc3c1=O)oc1ccccc12. The smallest absolute Gasteiger partial charge is 0.259 e. The molecular weight excluding hydrogens is 392 g/mol. The lowest BCUT2D eigenvalue weighted by Crippen LogP contribution is -2.31. The lowest BCUT2D eigenvalue weighted by Gasteiger charge is -2.17. The molecule has 5 rings (SSSR count). The zero-order valence-corrected chi connectivity index (χ0v) is 17.1. The van der Waals surface area contributed by atoms with Gasteiger partial charge in [-0.05, 0) is 36.6 Å². The number of furan rings is 1. The molecule has 0 aliphatic heterocycles. The van der Waals surface area contributed by atoms with Gasteiger partial charge >= 0.3 is 0 Å². The Morgan fingerprint density at radius 3 is 2.52 bits per heavy atom. The van der Waals surface area contributed by atoms with Crippen LogP contribution < -0.4 is 15.6 Å². The van der Waals surface area contributed by atoms with E-state index >= 15 is 0 Å². The van der Waals surface area contributed by atoms with Crippen LogP contribution in [0, 0.1) is 0 Å². The molecule has 0 aliphatic rings. The molecule has 0 saturated heterocycles. The van der Waals surface area contributed by atoms with Crippen molar-refractivity contribution in [3.05, 3.63) is 83.3 Å². The molecule has 6 heteroatoms. The van der Waals surface area contributed by atoms with Crippen molar-refractivity contribution in [2.24, 2.45) is 0 Å². The Bertz CT molecular complexity index is 1510. The lowest BCUT2D eigenvalue weighted by atomic mass is 10.1. The van der Waals surface area contributed by atoms with Gasteiger partial charge in [0.05, 0.1) is 12.8 Å². The normalized spacial score (nSPS) is 12.3. The van der Waals surface area contributed by atoms with Gasteiger partial charge in [0.15, 0.2) is 0 Å². The third-order valence-corrected chi connectivity index (χ3v) is 5.59. The molecule has 0 saturated carbocycles. The average Bonchev–Trinajstić information content (AvgIpc) is 3.15. The number of rotatable bonds is 4. The first-order chi connectivity index (χ1) is 15.1. The van der Waals surface area contributed by atoms with E-state index in [0.717, 1.165) is 21.7 Å². The molecule has 2 aromatic heterocycles. The predicted octanol–water partition coefficient (Wildman–Crippen LogP) is 5.11. The molecule has 0 radical (unpaired) electrons. The summed E-state index contributed by atoms with van der Waals surface area (Å²) in [5.41, 5.74) is 1.69. The highest BCUT2D eigenvalue weighted by Gasteiger charge is 2.20. The molecule has 0 unspecified atom stereocenters. The molecule has 2 heterocycles. The topological polar surface area (TPSA) is 73.5 Å². The second kappa shape index (κ2) is 7.32. The van der Waals surface area contributed by atoms with Crippen LogP contribution in [0.3, 0.4) is 0 Å². The van der Waals surface area contributed by atoms with E-state index in [-0.39, 0.29) is 11.5 Å². The van der Waals surface area contributed by atoms with Gasteiger partial charge in [-0.15, -0.1) is 0 Å². The van der Waals surface area contributed by atoms with E-state index in [2.05, 4.69) is 5.32 Å². The fourth-order valence-corrected chi connectivity index (χ4v) is 3.89. The largest absolute Gasteiger partial charge is 0.495 e. The van der Waals surface area contributed by atoms with Crippen molar-refractivity contribution < 1.29 is 13.9 Å². The third-order valence-electron chi connectivity index (χ3n) is 5.59. The first-order valence-corrected chi connectivity index (χ1v) is 9.97. The minimum absolute atomic E-state index is 0.208. The summed E-state index contributed by atoms with van der Waals surface area (Å²) in [5.74, 6) is 0.191. The number of benzene rings is 3. The summed E-state index contributed by atoms with van der Waals surface area (Å²) >= 11 is 0. The molecule has 154 valence electrons. The highest BCUT2D eigenvalue weighted by molar-refractivity contribution is 6.08. The second-order valence-corrected chi connectivity index (χ2v) is 7.43. The molecular formula is C25H20N2O4. The third kappa shape index (κ3) is 3.13. The summed E-state index contributed by atoms with van der Waals surface area (Å²) in [6.07, 6.45) is 1.65.